The second-order valence-electron chi connectivity index (χ2n) is 8.56. The van der Waals surface area contributed by atoms with Gasteiger partial charge in [0.1, 0.15) is 0 Å². The number of rotatable bonds is 5. The van der Waals surface area contributed by atoms with Crippen LogP contribution in [0.3, 0.4) is 0 Å². The molecule has 0 radical (unpaired) electrons. The molecule has 4 heterocycles. The number of pyridine rings is 1. The van der Waals surface area contributed by atoms with E-state index in [0.29, 0.717) is 12.4 Å². The van der Waals surface area contributed by atoms with Crippen molar-refractivity contribution in [3.63, 3.8) is 0 Å². The summed E-state index contributed by atoms with van der Waals surface area (Å²) in [6.07, 6.45) is 8.70. The summed E-state index contributed by atoms with van der Waals surface area (Å²) in [7, 11) is 1.61. The molecular formula is C22H30N6O2. The number of hydrogen-bond acceptors (Lipinski definition) is 6. The van der Waals surface area contributed by atoms with E-state index in [1.54, 1.807) is 13.3 Å². The molecule has 1 saturated carbocycles. The molecular weight excluding hydrogens is 380 g/mol. The molecule has 8 nitrogen and oxygen atoms in total. The molecule has 160 valence electrons. The Hall–Kier alpha value is -2.45. The summed E-state index contributed by atoms with van der Waals surface area (Å²) in [5, 5.41) is 4.74. The van der Waals surface area contributed by atoms with Gasteiger partial charge in [-0.05, 0) is 18.9 Å². The summed E-state index contributed by atoms with van der Waals surface area (Å²) >= 11 is 0. The van der Waals surface area contributed by atoms with Gasteiger partial charge in [-0.1, -0.05) is 6.42 Å². The quantitative estimate of drug-likeness (QED) is 0.741. The van der Waals surface area contributed by atoms with E-state index < -0.39 is 0 Å². The zero-order valence-electron chi connectivity index (χ0n) is 17.7. The lowest BCUT2D eigenvalue weighted by molar-refractivity contribution is -0.135. The number of piperazine rings is 1. The molecule has 1 saturated heterocycles. The van der Waals surface area contributed by atoms with Crippen LogP contribution in [-0.4, -0.2) is 87.8 Å². The molecule has 8 heteroatoms. The zero-order valence-corrected chi connectivity index (χ0v) is 17.7. The molecule has 1 aliphatic carbocycles. The first-order valence-corrected chi connectivity index (χ1v) is 11.0. The average Bonchev–Trinajstić information content (AvgIpc) is 3.16. The smallest absolute Gasteiger partial charge is 0.236 e. The summed E-state index contributed by atoms with van der Waals surface area (Å²) in [5.41, 5.74) is 3.24. The van der Waals surface area contributed by atoms with Crippen molar-refractivity contribution in [3.8, 4) is 11.6 Å². The number of nitrogens with zero attached hydrogens (tertiary/aromatic N) is 6. The van der Waals surface area contributed by atoms with Gasteiger partial charge < -0.3 is 9.64 Å². The third-order valence-corrected chi connectivity index (χ3v) is 6.75. The van der Waals surface area contributed by atoms with E-state index in [4.69, 9.17) is 9.84 Å². The topological polar surface area (TPSA) is 66.7 Å². The molecule has 3 aliphatic rings. The van der Waals surface area contributed by atoms with Crippen LogP contribution in [0.25, 0.3) is 5.69 Å². The fraction of sp³-hybridized carbons (Fsp3) is 0.591. The van der Waals surface area contributed by atoms with Gasteiger partial charge in [0.25, 0.3) is 0 Å². The third-order valence-electron chi connectivity index (χ3n) is 6.75. The highest BCUT2D eigenvalue weighted by Gasteiger charge is 2.30. The van der Waals surface area contributed by atoms with E-state index in [1.807, 2.05) is 16.8 Å². The lowest BCUT2D eigenvalue weighted by Crippen LogP contribution is -2.55. The zero-order chi connectivity index (χ0) is 20.5. The van der Waals surface area contributed by atoms with Crippen LogP contribution in [0.4, 0.5) is 0 Å². The Kier molecular flexibility index (Phi) is 5.43. The van der Waals surface area contributed by atoms with Crippen LogP contribution in [0.1, 0.15) is 30.5 Å². The van der Waals surface area contributed by atoms with Gasteiger partial charge in [0.05, 0.1) is 25.0 Å². The molecule has 5 rings (SSSR count). The summed E-state index contributed by atoms with van der Waals surface area (Å²) in [4.78, 5) is 23.9. The Morgan fingerprint density at radius 3 is 2.77 bits per heavy atom. The fourth-order valence-corrected chi connectivity index (χ4v) is 4.67. The minimum absolute atomic E-state index is 0.262. The molecule has 0 atom stereocenters. The molecule has 0 N–H and O–H groups in total. The van der Waals surface area contributed by atoms with Crippen LogP contribution in [0.15, 0.2) is 24.5 Å². The highest BCUT2D eigenvalue weighted by atomic mass is 16.5. The second kappa shape index (κ2) is 8.35. The van der Waals surface area contributed by atoms with Crippen molar-refractivity contribution in [1.82, 2.24) is 29.5 Å². The van der Waals surface area contributed by atoms with Gasteiger partial charge in [0.2, 0.25) is 11.8 Å². The Labute approximate surface area is 177 Å². The normalized spacial score (nSPS) is 20.6. The Balaban J connectivity index is 1.18. The van der Waals surface area contributed by atoms with Crippen molar-refractivity contribution < 1.29 is 9.53 Å². The minimum atomic E-state index is 0.262. The van der Waals surface area contributed by atoms with Crippen molar-refractivity contribution in [2.75, 3.05) is 46.4 Å². The molecule has 0 aromatic carbocycles. The number of fused-ring (bicyclic) bond motifs is 1. The highest BCUT2D eigenvalue weighted by molar-refractivity contribution is 5.78. The Bertz CT molecular complexity index is 901. The van der Waals surface area contributed by atoms with Gasteiger partial charge in [0.15, 0.2) is 0 Å². The third kappa shape index (κ3) is 3.94. The van der Waals surface area contributed by atoms with Crippen LogP contribution in [-0.2, 0) is 17.8 Å². The molecule has 30 heavy (non-hydrogen) atoms. The van der Waals surface area contributed by atoms with Gasteiger partial charge in [-0.25, -0.2) is 9.67 Å². The number of hydrogen-bond donors (Lipinski definition) is 0. The second-order valence-corrected chi connectivity index (χ2v) is 8.56. The van der Waals surface area contributed by atoms with Gasteiger partial charge in [-0.3, -0.25) is 14.6 Å². The van der Waals surface area contributed by atoms with Gasteiger partial charge in [-0.2, -0.15) is 5.10 Å². The van der Waals surface area contributed by atoms with E-state index in [1.165, 1.54) is 24.8 Å². The molecule has 0 unspecified atom stereocenters. The van der Waals surface area contributed by atoms with Crippen LogP contribution in [0.5, 0.6) is 5.88 Å². The van der Waals surface area contributed by atoms with Crippen LogP contribution >= 0.6 is 0 Å². The van der Waals surface area contributed by atoms with Crippen molar-refractivity contribution >= 4 is 5.91 Å². The van der Waals surface area contributed by atoms with Crippen LogP contribution < -0.4 is 4.74 Å². The predicted molar refractivity (Wildman–Crippen MR) is 113 cm³/mol. The first kappa shape index (κ1) is 19.5. The maximum Gasteiger partial charge on any atom is 0.236 e. The van der Waals surface area contributed by atoms with E-state index in [9.17, 15) is 4.79 Å². The molecule has 0 bridgehead atoms. The summed E-state index contributed by atoms with van der Waals surface area (Å²) in [5.74, 6) is 0.837. The summed E-state index contributed by atoms with van der Waals surface area (Å²) < 4.78 is 7.11. The number of amides is 1. The molecule has 2 aliphatic heterocycles. The van der Waals surface area contributed by atoms with Crippen molar-refractivity contribution in [3.05, 3.63) is 35.8 Å². The van der Waals surface area contributed by atoms with E-state index in [2.05, 4.69) is 25.9 Å². The first-order chi connectivity index (χ1) is 14.7. The molecule has 2 aromatic heterocycles. The van der Waals surface area contributed by atoms with Crippen LogP contribution in [0.2, 0.25) is 0 Å². The Morgan fingerprint density at radius 1 is 1.20 bits per heavy atom. The lowest BCUT2D eigenvalue weighted by Gasteiger charge is -2.43. The number of aromatic nitrogens is 3. The Morgan fingerprint density at radius 2 is 2.03 bits per heavy atom. The van der Waals surface area contributed by atoms with Crippen molar-refractivity contribution in [1.29, 1.82) is 0 Å². The minimum Gasteiger partial charge on any atom is -0.481 e. The van der Waals surface area contributed by atoms with Gasteiger partial charge >= 0.3 is 0 Å². The maximum absolute atomic E-state index is 12.9. The maximum atomic E-state index is 12.9. The van der Waals surface area contributed by atoms with Gasteiger partial charge in [0, 0.05) is 75.8 Å². The highest BCUT2D eigenvalue weighted by Crippen LogP contribution is 2.26. The SMILES string of the molecule is COc1cc(-n2cc3c(n2)CCN(CC(=O)N2CCN(C4CCC4)CC2)C3)ccn1. The van der Waals surface area contributed by atoms with E-state index >= 15 is 0 Å². The van der Waals surface area contributed by atoms with Crippen molar-refractivity contribution in [2.45, 2.75) is 38.3 Å². The first-order valence-electron chi connectivity index (χ1n) is 11.0. The van der Waals surface area contributed by atoms with E-state index in [0.717, 1.165) is 63.1 Å². The number of carbonyl (C=O) groups excluding carboxylic acids is 1. The van der Waals surface area contributed by atoms with Gasteiger partial charge in [-0.15, -0.1) is 0 Å². The molecule has 1 amide bonds. The average molecular weight is 411 g/mol. The summed E-state index contributed by atoms with van der Waals surface area (Å²) in [6.45, 7) is 5.94. The molecule has 2 fully saturated rings. The predicted octanol–water partition coefficient (Wildman–Crippen LogP) is 1.33. The monoisotopic (exact) mass is 410 g/mol. The summed E-state index contributed by atoms with van der Waals surface area (Å²) in [6, 6.07) is 4.58. The molecule has 2 aromatic rings. The standard InChI is InChI=1S/C22H30N6O2/c1-30-21-13-19(5-7-23-21)28-15-17-14-25(8-6-20(17)24-28)16-22(29)27-11-9-26(10-12-27)18-3-2-4-18/h5,7,13,15,18H,2-4,6,8-12,14,16H2,1H3. The largest absolute Gasteiger partial charge is 0.481 e. The number of ether oxygens (including phenoxy) is 1. The van der Waals surface area contributed by atoms with Crippen LogP contribution in [0, 0.1) is 0 Å². The molecule has 0 spiro atoms. The van der Waals surface area contributed by atoms with Crippen molar-refractivity contribution in [2.24, 2.45) is 0 Å². The number of methoxy groups -OCH3 is 1. The van der Waals surface area contributed by atoms with E-state index in [-0.39, 0.29) is 5.91 Å². The lowest BCUT2D eigenvalue weighted by atomic mass is 9.91. The fourth-order valence-electron chi connectivity index (χ4n) is 4.67. The number of carbonyl (C=O) groups is 1.